The number of hydrogen-bond donors (Lipinski definition) is 15. The minimum Gasteiger partial charge on any atom is -0.480 e. The molecular formula is C94H155FN8O25P2. The molecule has 2 fully saturated rings. The fourth-order valence-electron chi connectivity index (χ4n) is 14.0. The third kappa shape index (κ3) is 50.4. The molecule has 2 saturated heterocycles. The van der Waals surface area contributed by atoms with Gasteiger partial charge in [0, 0.05) is 20.3 Å². The molecule has 33 nitrogen and oxygen atoms in total. The normalized spacial score (nSPS) is 22.4. The van der Waals surface area contributed by atoms with Crippen molar-refractivity contribution in [1.82, 2.24) is 37.2 Å². The van der Waals surface area contributed by atoms with Crippen LogP contribution in [0.25, 0.3) is 0 Å². The highest BCUT2D eigenvalue weighted by atomic mass is 31.3. The number of phosphoric ester groups is 2. The number of carbonyl (C=O) groups excluding carboxylic acids is 7. The molecule has 36 heteroatoms. The van der Waals surface area contributed by atoms with E-state index in [1.807, 2.05) is 6.92 Å². The molecule has 2 unspecified atom stereocenters. The Labute approximate surface area is 769 Å². The number of hydrogen-bond acceptors (Lipinski definition) is 22. The number of carboxylic acids is 2. The van der Waals surface area contributed by atoms with E-state index in [1.54, 1.807) is 6.92 Å². The van der Waals surface area contributed by atoms with Crippen molar-refractivity contribution in [3.05, 3.63) is 128 Å². The van der Waals surface area contributed by atoms with Crippen LogP contribution in [0.15, 0.2) is 128 Å². The summed E-state index contributed by atoms with van der Waals surface area (Å²) in [5.74, 6) is -9.73. The number of ether oxygens (including phenoxy) is 4. The first kappa shape index (κ1) is 118. The molecule has 0 aromatic heterocycles. The highest BCUT2D eigenvalue weighted by Gasteiger charge is 2.56. The number of nitrogens with one attached hydrogen (secondary N) is 7. The molecule has 16 N–H and O–H groups in total. The van der Waals surface area contributed by atoms with E-state index in [9.17, 15) is 87.6 Å². The minimum absolute atomic E-state index is 0.0133. The highest BCUT2D eigenvalue weighted by Crippen LogP contribution is 2.61. The van der Waals surface area contributed by atoms with Crippen molar-refractivity contribution in [2.75, 3.05) is 26.4 Å². The first-order chi connectivity index (χ1) is 61.1. The number of aliphatic carboxylic acids is 2. The summed E-state index contributed by atoms with van der Waals surface area (Å²) >= 11 is 0. The molecule has 0 radical (unpaired) electrons. The number of nitrogens with two attached hydrogens (primary N) is 1. The van der Waals surface area contributed by atoms with Crippen LogP contribution in [0, 0.1) is 0 Å². The molecular weight excluding hydrogens is 1720 g/mol. The second-order valence-corrected chi connectivity index (χ2v) is 37.6. The maximum absolute atomic E-state index is 15.5. The summed E-state index contributed by atoms with van der Waals surface area (Å²) in [7, 11) is -11.5. The molecule has 0 aromatic carbocycles. The van der Waals surface area contributed by atoms with Crippen molar-refractivity contribution < 1.29 is 124 Å². The summed E-state index contributed by atoms with van der Waals surface area (Å²) in [6.45, 7) is 29.9. The molecule has 738 valence electrons. The lowest BCUT2D eigenvalue weighted by Gasteiger charge is -2.49. The van der Waals surface area contributed by atoms with Crippen LogP contribution < -0.4 is 43.0 Å². The van der Waals surface area contributed by atoms with Gasteiger partial charge in [0.25, 0.3) is 0 Å². The lowest BCUT2D eigenvalue weighted by Crippen LogP contribution is -2.69. The van der Waals surface area contributed by atoms with Crippen LogP contribution in [0.5, 0.6) is 0 Å². The van der Waals surface area contributed by atoms with Crippen molar-refractivity contribution in [1.29, 1.82) is 0 Å². The van der Waals surface area contributed by atoms with Gasteiger partial charge in [0.2, 0.25) is 41.4 Å². The zero-order valence-electron chi connectivity index (χ0n) is 79.9. The Bertz CT molecular complexity index is 4080. The lowest BCUT2D eigenvalue weighted by molar-refractivity contribution is -0.327. The van der Waals surface area contributed by atoms with E-state index in [1.165, 1.54) is 70.1 Å². The average Bonchev–Trinajstić information content (AvgIpc) is 0.764. The molecule has 0 saturated carbocycles. The minimum atomic E-state index is -5.96. The third-order valence-electron chi connectivity index (χ3n) is 22.0. The Morgan fingerprint density at radius 3 is 1.19 bits per heavy atom. The van der Waals surface area contributed by atoms with E-state index in [2.05, 4.69) is 172 Å². The molecule has 0 aromatic rings. The number of aliphatic hydroxyl groups excluding tert-OH is 3. The van der Waals surface area contributed by atoms with Gasteiger partial charge in [-0.05, 0) is 271 Å². The van der Waals surface area contributed by atoms with Crippen LogP contribution in [0.4, 0.5) is 4.39 Å². The van der Waals surface area contributed by atoms with Gasteiger partial charge in [0.1, 0.15) is 78.9 Å². The van der Waals surface area contributed by atoms with Crippen LogP contribution in [0.2, 0.25) is 0 Å². The number of phosphoric acid groups is 2. The zero-order valence-corrected chi connectivity index (χ0v) is 81.7. The molecule has 130 heavy (non-hydrogen) atoms. The van der Waals surface area contributed by atoms with E-state index in [-0.39, 0.29) is 13.0 Å². The summed E-state index contributed by atoms with van der Waals surface area (Å²) in [6, 6.07) is -11.2. The number of halogens is 1. The van der Waals surface area contributed by atoms with Crippen LogP contribution in [-0.2, 0) is 84.6 Å². The Morgan fingerprint density at radius 2 is 0.808 bits per heavy atom. The second kappa shape index (κ2) is 63.4. The van der Waals surface area contributed by atoms with Crippen molar-refractivity contribution >= 4 is 68.9 Å². The number of allylic oxidation sites excluding steroid dienone is 21. The van der Waals surface area contributed by atoms with E-state index in [0.717, 1.165) is 149 Å². The molecule has 2 heterocycles. The number of carboxylic acid groups (broad SMARTS) is 2. The number of unbranched alkanes of at least 4 members (excludes halogenated alkanes) is 1. The third-order valence-corrected chi connectivity index (χ3v) is 24.6. The van der Waals surface area contributed by atoms with Gasteiger partial charge in [-0.1, -0.05) is 128 Å². The Morgan fingerprint density at radius 1 is 0.431 bits per heavy atom. The maximum atomic E-state index is 15.5. The zero-order chi connectivity index (χ0) is 98.0. The quantitative estimate of drug-likeness (QED) is 0.0153. The van der Waals surface area contributed by atoms with Gasteiger partial charge in [-0.25, -0.2) is 18.3 Å². The van der Waals surface area contributed by atoms with Crippen LogP contribution in [0.1, 0.15) is 285 Å². The Hall–Kier alpha value is -7.76. The van der Waals surface area contributed by atoms with E-state index < -0.39 is 199 Å². The molecule has 2 aliphatic heterocycles. The predicted molar refractivity (Wildman–Crippen MR) is 498 cm³/mol. The van der Waals surface area contributed by atoms with Gasteiger partial charge in [-0.2, -0.15) is 4.31 Å². The average molecular weight is 1880 g/mol. The number of carbonyl (C=O) groups is 9. The molecule has 2 aliphatic rings. The molecule has 7 amide bonds. The highest BCUT2D eigenvalue weighted by molar-refractivity contribution is 7.61. The van der Waals surface area contributed by atoms with Gasteiger partial charge in [0.15, 0.2) is 18.8 Å². The van der Waals surface area contributed by atoms with Crippen LogP contribution in [0.3, 0.4) is 0 Å². The first-order valence-electron chi connectivity index (χ1n) is 45.4. The van der Waals surface area contributed by atoms with E-state index in [0.29, 0.717) is 31.3 Å². The monoisotopic (exact) mass is 1880 g/mol. The number of aliphatic hydroxyl groups is 3. The summed E-state index contributed by atoms with van der Waals surface area (Å²) in [5.41, 5.74) is 20.3. The van der Waals surface area contributed by atoms with E-state index >= 15 is 4.39 Å². The van der Waals surface area contributed by atoms with Crippen molar-refractivity contribution in [3.8, 4) is 0 Å². The molecule has 0 aliphatic carbocycles. The Balaban J connectivity index is 2.08. The number of amides is 7. The predicted octanol–water partition coefficient (Wildman–Crippen LogP) is 13.3. The largest absolute Gasteiger partial charge is 0.483 e. The SMILES string of the molecule is CC(=O)N[C@H]1[C@H](O[C@H]2[C@H](O[C@H](C)C(=O)N[C@@H](C)C(=O)N[C@H](CCC(=O)N[C@@H](CCCCN)C(=O)N[C@H](C)C(=O)N[C@H](C)C(=O)O)C(=O)O)[C@@H](NC(C)=O)[C@@H](OP(=O)(O)OP(=O)(O)OC/C=C(\C)CC/C=C(\C)CC/C=C(\C)CC/C=C(\C)CC/C=C(\C)CC/C=C(\C)CC/C=C(\C)CC/C=C(\C)CC/C=C(\C)CC/C=C(\C)CCC=C(C)C)O[C@@H]2CO)O[C@H](CO)[C@@H](F)[C@@H]1O. The van der Waals surface area contributed by atoms with E-state index in [4.69, 9.17) is 33.7 Å². The van der Waals surface area contributed by atoms with Gasteiger partial charge in [-0.3, -0.25) is 47.4 Å². The fourth-order valence-corrected chi connectivity index (χ4v) is 16.1. The van der Waals surface area contributed by atoms with Crippen molar-refractivity contribution in [3.63, 3.8) is 0 Å². The molecule has 0 spiro atoms. The van der Waals surface area contributed by atoms with Gasteiger partial charge in [-0.15, -0.1) is 0 Å². The molecule has 18 atom stereocenters. The molecule has 2 rings (SSSR count). The number of alkyl halides is 1. The summed E-state index contributed by atoms with van der Waals surface area (Å²) in [5, 5.41) is 67.5. The first-order valence-corrected chi connectivity index (χ1v) is 48.4. The Kier molecular flexibility index (Phi) is 57.7. The molecule has 0 bridgehead atoms. The van der Waals surface area contributed by atoms with Gasteiger partial charge >= 0.3 is 27.6 Å². The smallest absolute Gasteiger partial charge is 0.480 e. The number of rotatable bonds is 63. The lowest BCUT2D eigenvalue weighted by atomic mass is 9.94. The summed E-state index contributed by atoms with van der Waals surface area (Å²) in [4.78, 5) is 138. The fraction of sp³-hybridized carbons (Fsp3) is 0.670. The second-order valence-electron chi connectivity index (χ2n) is 34.6. The van der Waals surface area contributed by atoms with Gasteiger partial charge in [0.05, 0.1) is 19.8 Å². The van der Waals surface area contributed by atoms with Crippen molar-refractivity contribution in [2.45, 2.75) is 383 Å². The topological polar surface area (TPSA) is 504 Å². The summed E-state index contributed by atoms with van der Waals surface area (Å²) in [6.07, 6.45) is 25.8. The standard InChI is InChI=1S/C94H155FN8O25P2/c1-59(2)31-21-32-60(3)33-22-34-61(4)35-23-36-62(5)37-24-38-63(6)39-25-40-64(7)41-26-42-65(8)43-27-44-66(9)45-28-46-67(10)47-29-48-68(11)49-30-50-69(12)54-56-122-129(118,119)128-130(120,121)127-94-83(101-75(18)107)86(85(79(58-105)125-94)126-93-82(100-74(17)106)84(109)81(95)78(57-104)124-93)123-73(16)89(112)97-71(14)88(111)103-77(92(116)117)52-53-80(108)102-76(51-19-20-55-96)90(113)98-70(13)87(110)99-72(15)91(114)115/h31,33,35,37,39,41,43,45,47,49,54,70-73,76-79,81-86,93-94,104-105,109H,19-30,32,34,36,38,40,42,44,46,48,50-53,55-58,96H2,1-18H3,(H,97,112)(H,98,113)(H,99,110)(H,100,106)(H,101,107)(H,102,108)(H,103,111)(H,114,115)(H,116,117)(H,118,119)(H,120,121)/b60-33+,61-35+,62-37+,63-39+,64-41+,65-43+,66-45+,67-47+,68-49+,69-54+/t70-,71+,72-,73-,76+,77-,78-,79-,81-,82-,83-,84+,85-,86-,93+,94-/m1/s1. The summed E-state index contributed by atoms with van der Waals surface area (Å²) < 4.78 is 81.5. The van der Waals surface area contributed by atoms with Crippen molar-refractivity contribution in [2.24, 2.45) is 5.73 Å². The van der Waals surface area contributed by atoms with Crippen LogP contribution in [-0.4, -0.2) is 213 Å². The maximum Gasteiger partial charge on any atom is 0.483 e. The van der Waals surface area contributed by atoms with Crippen LogP contribution >= 0.6 is 15.6 Å². The van der Waals surface area contributed by atoms with Gasteiger partial charge < -0.3 is 97.2 Å².